The molecule has 0 bridgehead atoms. The first kappa shape index (κ1) is 14.9. The molecule has 0 aromatic heterocycles. The van der Waals surface area contributed by atoms with E-state index in [2.05, 4.69) is 12.2 Å². The normalized spacial score (nSPS) is 14.3. The lowest BCUT2D eigenvalue weighted by Crippen LogP contribution is -2.24. The quantitative estimate of drug-likeness (QED) is 0.812. The fourth-order valence-electron chi connectivity index (χ4n) is 2.13. The van der Waals surface area contributed by atoms with Gasteiger partial charge in [-0.3, -0.25) is 0 Å². The monoisotopic (exact) mass is 255 g/mol. The standard InChI is InChI=1S/C14H22FNO2/c1-10(7-8-17-3)14(16-2)11-5-6-13(18-4)12(15)9-11/h5-6,9-10,14,16H,7-8H2,1-4H3. The van der Waals surface area contributed by atoms with Crippen LogP contribution in [0.15, 0.2) is 18.2 Å². The third kappa shape index (κ3) is 3.68. The van der Waals surface area contributed by atoms with Gasteiger partial charge in [0, 0.05) is 19.8 Å². The summed E-state index contributed by atoms with van der Waals surface area (Å²) in [5.41, 5.74) is 0.930. The molecular formula is C14H22FNO2. The average molecular weight is 255 g/mol. The number of nitrogens with one attached hydrogen (secondary N) is 1. The van der Waals surface area contributed by atoms with Crippen molar-refractivity contribution in [2.45, 2.75) is 19.4 Å². The van der Waals surface area contributed by atoms with Crippen LogP contribution in [0.25, 0.3) is 0 Å². The van der Waals surface area contributed by atoms with Gasteiger partial charge < -0.3 is 14.8 Å². The fourth-order valence-corrected chi connectivity index (χ4v) is 2.13. The van der Waals surface area contributed by atoms with Crippen LogP contribution >= 0.6 is 0 Å². The Morgan fingerprint density at radius 2 is 2.06 bits per heavy atom. The van der Waals surface area contributed by atoms with E-state index < -0.39 is 0 Å². The van der Waals surface area contributed by atoms with Crippen molar-refractivity contribution in [3.8, 4) is 5.75 Å². The van der Waals surface area contributed by atoms with Gasteiger partial charge in [-0.05, 0) is 37.1 Å². The van der Waals surface area contributed by atoms with Gasteiger partial charge in [0.2, 0.25) is 0 Å². The SMILES string of the molecule is CNC(c1ccc(OC)c(F)c1)C(C)CCOC. The van der Waals surface area contributed by atoms with E-state index in [-0.39, 0.29) is 17.6 Å². The maximum atomic E-state index is 13.7. The summed E-state index contributed by atoms with van der Waals surface area (Å²) < 4.78 is 23.7. The topological polar surface area (TPSA) is 30.5 Å². The number of hydrogen-bond acceptors (Lipinski definition) is 3. The predicted octanol–water partition coefficient (Wildman–Crippen LogP) is 2.77. The summed E-state index contributed by atoms with van der Waals surface area (Å²) in [4.78, 5) is 0. The summed E-state index contributed by atoms with van der Waals surface area (Å²) in [6.07, 6.45) is 0.926. The molecule has 0 fully saturated rings. The van der Waals surface area contributed by atoms with E-state index in [1.165, 1.54) is 13.2 Å². The van der Waals surface area contributed by atoms with Gasteiger partial charge in [0.25, 0.3) is 0 Å². The molecule has 1 aromatic rings. The van der Waals surface area contributed by atoms with Gasteiger partial charge in [-0.1, -0.05) is 13.0 Å². The molecule has 0 amide bonds. The Hall–Kier alpha value is -1.13. The van der Waals surface area contributed by atoms with Crippen molar-refractivity contribution in [1.29, 1.82) is 0 Å². The zero-order valence-corrected chi connectivity index (χ0v) is 11.5. The molecule has 0 aliphatic rings. The van der Waals surface area contributed by atoms with Crippen molar-refractivity contribution in [3.63, 3.8) is 0 Å². The second kappa shape index (κ2) is 7.34. The van der Waals surface area contributed by atoms with Gasteiger partial charge in [-0.15, -0.1) is 0 Å². The Labute approximate surface area is 108 Å². The molecule has 1 rings (SSSR count). The Balaban J connectivity index is 2.84. The van der Waals surface area contributed by atoms with Gasteiger partial charge >= 0.3 is 0 Å². The number of ether oxygens (including phenoxy) is 2. The van der Waals surface area contributed by atoms with Gasteiger partial charge in [0.05, 0.1) is 7.11 Å². The molecule has 0 saturated heterocycles. The van der Waals surface area contributed by atoms with Gasteiger partial charge in [0.15, 0.2) is 11.6 Å². The van der Waals surface area contributed by atoms with Crippen molar-refractivity contribution < 1.29 is 13.9 Å². The van der Waals surface area contributed by atoms with Gasteiger partial charge in [-0.2, -0.15) is 0 Å². The zero-order valence-electron chi connectivity index (χ0n) is 11.5. The molecule has 1 N–H and O–H groups in total. The van der Waals surface area contributed by atoms with Crippen LogP contribution in [0.5, 0.6) is 5.75 Å². The van der Waals surface area contributed by atoms with E-state index in [1.54, 1.807) is 13.2 Å². The van der Waals surface area contributed by atoms with E-state index >= 15 is 0 Å². The first-order chi connectivity index (χ1) is 8.63. The molecule has 2 unspecified atom stereocenters. The molecule has 2 atom stereocenters. The minimum absolute atomic E-state index is 0.112. The average Bonchev–Trinajstić information content (AvgIpc) is 2.37. The van der Waals surface area contributed by atoms with E-state index in [4.69, 9.17) is 9.47 Å². The molecule has 1 aromatic carbocycles. The summed E-state index contributed by atoms with van der Waals surface area (Å²) >= 11 is 0. The Morgan fingerprint density at radius 1 is 1.33 bits per heavy atom. The first-order valence-corrected chi connectivity index (χ1v) is 6.13. The highest BCUT2D eigenvalue weighted by molar-refractivity contribution is 5.31. The molecule has 0 heterocycles. The van der Waals surface area contributed by atoms with Crippen molar-refractivity contribution >= 4 is 0 Å². The van der Waals surface area contributed by atoms with Crippen molar-refractivity contribution in [2.24, 2.45) is 5.92 Å². The highest BCUT2D eigenvalue weighted by Crippen LogP contribution is 2.27. The second-order valence-electron chi connectivity index (χ2n) is 4.42. The lowest BCUT2D eigenvalue weighted by atomic mass is 9.92. The second-order valence-corrected chi connectivity index (χ2v) is 4.42. The molecule has 0 saturated carbocycles. The summed E-state index contributed by atoms with van der Waals surface area (Å²) in [6.45, 7) is 2.83. The predicted molar refractivity (Wildman–Crippen MR) is 70.4 cm³/mol. The number of methoxy groups -OCH3 is 2. The molecule has 0 aliphatic carbocycles. The minimum atomic E-state index is -0.325. The van der Waals surface area contributed by atoms with Gasteiger partial charge in [-0.25, -0.2) is 4.39 Å². The van der Waals surface area contributed by atoms with Crippen molar-refractivity contribution in [1.82, 2.24) is 5.32 Å². The van der Waals surface area contributed by atoms with E-state index in [0.717, 1.165) is 12.0 Å². The van der Waals surface area contributed by atoms with Crippen LogP contribution in [0.4, 0.5) is 4.39 Å². The first-order valence-electron chi connectivity index (χ1n) is 6.13. The number of hydrogen-bond donors (Lipinski definition) is 1. The summed E-state index contributed by atoms with van der Waals surface area (Å²) in [7, 11) is 5.04. The van der Waals surface area contributed by atoms with Crippen molar-refractivity contribution in [3.05, 3.63) is 29.6 Å². The Kier molecular flexibility index (Phi) is 6.09. The fraction of sp³-hybridized carbons (Fsp3) is 0.571. The number of benzene rings is 1. The third-order valence-electron chi connectivity index (χ3n) is 3.19. The van der Waals surface area contributed by atoms with Crippen LogP contribution < -0.4 is 10.1 Å². The molecule has 0 spiro atoms. The van der Waals surface area contributed by atoms with E-state index in [1.807, 2.05) is 13.1 Å². The molecule has 102 valence electrons. The molecule has 18 heavy (non-hydrogen) atoms. The van der Waals surface area contributed by atoms with E-state index in [9.17, 15) is 4.39 Å². The Morgan fingerprint density at radius 3 is 2.56 bits per heavy atom. The maximum absolute atomic E-state index is 13.7. The van der Waals surface area contributed by atoms with Crippen LogP contribution in [0, 0.1) is 11.7 Å². The molecule has 3 nitrogen and oxygen atoms in total. The lowest BCUT2D eigenvalue weighted by molar-refractivity contribution is 0.171. The molecule has 0 radical (unpaired) electrons. The maximum Gasteiger partial charge on any atom is 0.165 e. The molecular weight excluding hydrogens is 233 g/mol. The largest absolute Gasteiger partial charge is 0.494 e. The summed E-state index contributed by atoms with van der Waals surface area (Å²) in [5, 5.41) is 3.23. The van der Waals surface area contributed by atoms with Gasteiger partial charge in [0.1, 0.15) is 0 Å². The van der Waals surface area contributed by atoms with Crippen LogP contribution in [0.1, 0.15) is 24.9 Å². The number of halogens is 1. The Bertz CT molecular complexity index is 371. The van der Waals surface area contributed by atoms with Crippen LogP contribution in [0.2, 0.25) is 0 Å². The van der Waals surface area contributed by atoms with Crippen LogP contribution in [0.3, 0.4) is 0 Å². The van der Waals surface area contributed by atoms with Crippen LogP contribution in [-0.4, -0.2) is 27.9 Å². The summed E-state index contributed by atoms with van der Waals surface area (Å²) in [5.74, 6) is 0.315. The lowest BCUT2D eigenvalue weighted by Gasteiger charge is -2.24. The summed E-state index contributed by atoms with van der Waals surface area (Å²) in [6, 6.07) is 5.20. The molecule has 0 aliphatic heterocycles. The highest BCUT2D eigenvalue weighted by Gasteiger charge is 2.18. The zero-order chi connectivity index (χ0) is 13.5. The molecule has 4 heteroatoms. The van der Waals surface area contributed by atoms with Crippen molar-refractivity contribution in [2.75, 3.05) is 27.9 Å². The van der Waals surface area contributed by atoms with Crippen LogP contribution in [-0.2, 0) is 4.74 Å². The third-order valence-corrected chi connectivity index (χ3v) is 3.19. The highest BCUT2D eigenvalue weighted by atomic mass is 19.1. The minimum Gasteiger partial charge on any atom is -0.494 e. The number of rotatable bonds is 7. The van der Waals surface area contributed by atoms with E-state index in [0.29, 0.717) is 12.5 Å². The smallest absolute Gasteiger partial charge is 0.165 e.